The van der Waals surface area contributed by atoms with Crippen LogP contribution in [0.5, 0.6) is 0 Å². The van der Waals surface area contributed by atoms with Gasteiger partial charge in [-0.1, -0.05) is 85.6 Å². The summed E-state index contributed by atoms with van der Waals surface area (Å²) in [5, 5.41) is 14.0. The lowest BCUT2D eigenvalue weighted by Gasteiger charge is -2.41. The minimum absolute atomic E-state index is 0.0202. The van der Waals surface area contributed by atoms with Crippen molar-refractivity contribution in [2.24, 2.45) is 21.9 Å². The van der Waals surface area contributed by atoms with Gasteiger partial charge in [-0.3, -0.25) is 44.0 Å². The largest absolute Gasteiger partial charge is 0.370 e. The van der Waals surface area contributed by atoms with Crippen LogP contribution in [-0.2, 0) is 30.5 Å². The molecule has 3 aliphatic rings. The minimum atomic E-state index is -1.07. The molecule has 5 aromatic rings. The van der Waals surface area contributed by atoms with Crippen molar-refractivity contribution < 1.29 is 28.8 Å². The Balaban J connectivity index is 0.916. The number of guanidine groups is 1. The third-order valence-electron chi connectivity index (χ3n) is 14.5. The summed E-state index contributed by atoms with van der Waals surface area (Å²) in [5.41, 5.74) is 13.8. The molecule has 6 amide bonds. The van der Waals surface area contributed by atoms with Crippen LogP contribution in [0.2, 0.25) is 0 Å². The van der Waals surface area contributed by atoms with E-state index in [4.69, 9.17) is 11.5 Å². The molecule has 2 fully saturated rings. The van der Waals surface area contributed by atoms with Crippen molar-refractivity contribution in [3.8, 4) is 11.4 Å². The Labute approximate surface area is 446 Å². The predicted octanol–water partition coefficient (Wildman–Crippen LogP) is 2.69. The first kappa shape index (κ1) is 55.1. The van der Waals surface area contributed by atoms with Crippen LogP contribution >= 0.6 is 0 Å². The monoisotopic (exact) mass is 1050 g/mol. The van der Waals surface area contributed by atoms with Crippen molar-refractivity contribution in [2.45, 2.75) is 89.3 Å². The van der Waals surface area contributed by atoms with E-state index in [-0.39, 0.29) is 87.9 Å². The number of anilines is 1. The molecule has 1 aliphatic carbocycles. The van der Waals surface area contributed by atoms with E-state index < -0.39 is 40.6 Å². The Morgan fingerprint density at radius 1 is 0.688 bits per heavy atom. The van der Waals surface area contributed by atoms with Gasteiger partial charge in [-0.15, -0.1) is 0 Å². The first-order valence-electron chi connectivity index (χ1n) is 26.5. The fraction of sp³-hybridized carbons (Fsp3) is 0.411. The maximum atomic E-state index is 14.3. The van der Waals surface area contributed by atoms with Gasteiger partial charge in [0.05, 0.1) is 17.4 Å². The van der Waals surface area contributed by atoms with Gasteiger partial charge in [0.15, 0.2) is 5.96 Å². The molecule has 21 nitrogen and oxygen atoms in total. The lowest BCUT2D eigenvalue weighted by Crippen LogP contribution is -2.51. The summed E-state index contributed by atoms with van der Waals surface area (Å²) >= 11 is 0. The van der Waals surface area contributed by atoms with Crippen molar-refractivity contribution in [1.29, 1.82) is 0 Å². The Hall–Kier alpha value is -8.17. The van der Waals surface area contributed by atoms with E-state index in [1.54, 1.807) is 60.7 Å². The molecule has 0 bridgehead atoms. The van der Waals surface area contributed by atoms with E-state index in [2.05, 4.69) is 36.5 Å². The third kappa shape index (κ3) is 13.8. The van der Waals surface area contributed by atoms with Gasteiger partial charge in [0, 0.05) is 95.8 Å². The predicted molar refractivity (Wildman–Crippen MR) is 291 cm³/mol. The molecule has 2 aliphatic heterocycles. The number of carbonyl (C=O) groups is 6. The van der Waals surface area contributed by atoms with Crippen LogP contribution in [0, 0.1) is 5.41 Å². The van der Waals surface area contributed by atoms with Crippen LogP contribution in [0.15, 0.2) is 124 Å². The quantitative estimate of drug-likeness (QED) is 0.0301. The van der Waals surface area contributed by atoms with Crippen LogP contribution in [-0.4, -0.2) is 124 Å². The fourth-order valence-corrected chi connectivity index (χ4v) is 10.7. The summed E-state index contributed by atoms with van der Waals surface area (Å²) in [6.45, 7) is 2.55. The third-order valence-corrected chi connectivity index (χ3v) is 14.5. The zero-order valence-corrected chi connectivity index (χ0v) is 43.3. The minimum Gasteiger partial charge on any atom is -0.370 e. The zero-order valence-electron chi connectivity index (χ0n) is 43.3. The lowest BCUT2D eigenvalue weighted by atomic mass is 9.78. The summed E-state index contributed by atoms with van der Waals surface area (Å²) in [6, 6.07) is 31.7. The molecule has 1 unspecified atom stereocenters. The summed E-state index contributed by atoms with van der Waals surface area (Å²) < 4.78 is 3.61. The Morgan fingerprint density at radius 3 is 1.96 bits per heavy atom. The molecule has 9 N–H and O–H groups in total. The summed E-state index contributed by atoms with van der Waals surface area (Å²) in [4.78, 5) is 117. The van der Waals surface area contributed by atoms with Gasteiger partial charge in [0.25, 0.3) is 5.91 Å². The van der Waals surface area contributed by atoms with Crippen molar-refractivity contribution >= 4 is 47.1 Å². The Kier molecular flexibility index (Phi) is 18.6. The molecule has 4 aromatic carbocycles. The normalized spacial score (nSPS) is 16.5. The van der Waals surface area contributed by atoms with Crippen molar-refractivity contribution in [2.75, 3.05) is 57.7 Å². The second kappa shape index (κ2) is 26.1. The number of hydrogen-bond donors (Lipinski definition) is 7. The number of carbonyl (C=O) groups excluding carboxylic acids is 6. The molecule has 1 aromatic heterocycles. The summed E-state index contributed by atoms with van der Waals surface area (Å²) in [6.07, 6.45) is 4.08. The van der Waals surface area contributed by atoms with Gasteiger partial charge in [-0.2, -0.15) is 9.36 Å². The van der Waals surface area contributed by atoms with Crippen LogP contribution in [0.3, 0.4) is 0 Å². The number of nitrogens with zero attached hydrogens (tertiary/aromatic N) is 6. The Morgan fingerprint density at radius 2 is 1.30 bits per heavy atom. The molecule has 21 heteroatoms. The lowest BCUT2D eigenvalue weighted by molar-refractivity contribution is -0.137. The zero-order chi connectivity index (χ0) is 54.3. The van der Waals surface area contributed by atoms with Gasteiger partial charge < -0.3 is 37.6 Å². The average Bonchev–Trinajstić information content (AvgIpc) is 3.98. The number of benzene rings is 4. The van der Waals surface area contributed by atoms with Gasteiger partial charge in [-0.05, 0) is 85.0 Å². The molecule has 2 atom stereocenters. The highest BCUT2D eigenvalue weighted by atomic mass is 16.2. The molecule has 406 valence electrons. The second-order valence-electron chi connectivity index (χ2n) is 19.9. The first-order valence-corrected chi connectivity index (χ1v) is 26.5. The topological polar surface area (TPSA) is 282 Å². The van der Waals surface area contributed by atoms with Crippen molar-refractivity contribution in [3.05, 3.63) is 147 Å². The number of aliphatic imine (C=N–C) groups is 1. The van der Waals surface area contributed by atoms with Crippen LogP contribution in [0.25, 0.3) is 11.4 Å². The molecular weight excluding hydrogens is 983 g/mol. The van der Waals surface area contributed by atoms with E-state index in [0.717, 1.165) is 34.2 Å². The maximum absolute atomic E-state index is 14.3. The van der Waals surface area contributed by atoms with Crippen molar-refractivity contribution in [1.82, 2.24) is 45.0 Å². The SMILES string of the molecule is NCCNC(=O)CCCC(=O)NC(N)=NCCC[C@H](NC(=O)CC1(CC(=O)N2CCN(C3c4ccccc4NC(=O)c4ccccc43)CC2)CCCC1)C(=O)NCCn1c(=O)n(-c2ccccc2)n(-c2ccccc2)c1=O. The highest BCUT2D eigenvalue weighted by Gasteiger charge is 2.41. The van der Waals surface area contributed by atoms with Crippen LogP contribution in [0.1, 0.15) is 98.2 Å². The number of nitrogens with one attached hydrogen (secondary N) is 5. The van der Waals surface area contributed by atoms with E-state index in [0.29, 0.717) is 75.5 Å². The second-order valence-corrected chi connectivity index (χ2v) is 19.9. The molecule has 1 saturated carbocycles. The number of aromatic nitrogens is 3. The van der Waals surface area contributed by atoms with E-state index in [1.165, 1.54) is 9.36 Å². The number of amides is 6. The van der Waals surface area contributed by atoms with Crippen LogP contribution < -0.4 is 49.4 Å². The van der Waals surface area contributed by atoms with Crippen molar-refractivity contribution in [3.63, 3.8) is 0 Å². The molecule has 1 saturated heterocycles. The number of nitrogens with two attached hydrogens (primary N) is 2. The molecule has 3 heterocycles. The summed E-state index contributed by atoms with van der Waals surface area (Å²) in [5.74, 6) is -1.90. The molecule has 0 spiro atoms. The standard InChI is InChI=1S/C56H69N13O8/c57-28-30-59-46(70)24-13-25-47(71)64-53(58)61-29-14-23-45(52(75)60-31-32-67-54(76)68(39-15-3-1-4-16-39)69(55(67)77)40-17-5-2-6-18-40)62-48(72)37-56(26-11-12-27-56)38-49(73)65-33-35-66(36-34-65)50-41-19-7-8-20-42(41)51(74)63-44-22-10-9-21-43(44)50/h1-10,15-22,45,50H,11-14,23-38,57H2,(H,59,70)(H,60,75)(H,62,72)(H,63,74)(H3,58,61,64,71)/t45-,50?/m0/s1. The average molecular weight is 1050 g/mol. The highest BCUT2D eigenvalue weighted by Crippen LogP contribution is 2.45. The summed E-state index contributed by atoms with van der Waals surface area (Å²) in [7, 11) is 0. The number of para-hydroxylation sites is 3. The number of piperazine rings is 1. The molecular formula is C56H69N13O8. The Bertz CT molecular complexity index is 2980. The first-order chi connectivity index (χ1) is 37.3. The number of hydrogen-bond acceptors (Lipinski definition) is 11. The molecule has 77 heavy (non-hydrogen) atoms. The van der Waals surface area contributed by atoms with Gasteiger partial charge in [0.1, 0.15) is 6.04 Å². The molecule has 0 radical (unpaired) electrons. The van der Waals surface area contributed by atoms with Gasteiger partial charge in [-0.25, -0.2) is 14.2 Å². The van der Waals surface area contributed by atoms with E-state index in [9.17, 15) is 38.4 Å². The van der Waals surface area contributed by atoms with E-state index >= 15 is 0 Å². The van der Waals surface area contributed by atoms with Crippen LogP contribution in [0.4, 0.5) is 5.69 Å². The van der Waals surface area contributed by atoms with Gasteiger partial charge >= 0.3 is 11.4 Å². The number of fused-ring (bicyclic) bond motifs is 2. The number of rotatable bonds is 22. The molecule has 8 rings (SSSR count). The highest BCUT2D eigenvalue weighted by molar-refractivity contribution is 6.07. The van der Waals surface area contributed by atoms with Gasteiger partial charge in [0.2, 0.25) is 29.5 Å². The van der Waals surface area contributed by atoms with E-state index in [1.807, 2.05) is 53.4 Å². The smallest absolute Gasteiger partial charge is 0.352 e. The maximum Gasteiger partial charge on any atom is 0.352 e. The fourth-order valence-electron chi connectivity index (χ4n) is 10.7.